The normalized spacial score (nSPS) is 22.3. The first-order chi connectivity index (χ1) is 14.2. The lowest BCUT2D eigenvalue weighted by Crippen LogP contribution is -2.51. The average molecular weight is 422 g/mol. The highest BCUT2D eigenvalue weighted by Crippen LogP contribution is 2.29. The molecule has 1 fully saturated rings. The molecule has 0 spiro atoms. The van der Waals surface area contributed by atoms with Gasteiger partial charge >= 0.3 is 6.18 Å². The Balaban J connectivity index is 1.45. The number of nitrogens with zero attached hydrogens (tertiary/aromatic N) is 5. The fourth-order valence-electron chi connectivity index (χ4n) is 3.63. The molecule has 0 saturated heterocycles. The van der Waals surface area contributed by atoms with E-state index >= 15 is 0 Å². The Morgan fingerprint density at radius 1 is 1.33 bits per heavy atom. The van der Waals surface area contributed by atoms with Gasteiger partial charge < -0.3 is 10.6 Å². The zero-order valence-corrected chi connectivity index (χ0v) is 16.2. The highest BCUT2D eigenvalue weighted by Gasteiger charge is 2.36. The summed E-state index contributed by atoms with van der Waals surface area (Å²) in [6, 6.07) is -0.150. The molecule has 1 saturated carbocycles. The highest BCUT2D eigenvalue weighted by atomic mass is 19.4. The quantitative estimate of drug-likeness (QED) is 0.581. The van der Waals surface area contributed by atoms with E-state index < -0.39 is 18.3 Å². The summed E-state index contributed by atoms with van der Waals surface area (Å²) in [6.07, 6.45) is 4.22. The number of fused-ring (bicyclic) bond motifs is 1. The summed E-state index contributed by atoms with van der Waals surface area (Å²) in [6.45, 7) is 0.767. The van der Waals surface area contributed by atoms with Gasteiger partial charge in [0.15, 0.2) is 5.69 Å². The number of amides is 1. The molecule has 9 nitrogen and oxygen atoms in total. The lowest BCUT2D eigenvalue weighted by atomic mass is 9.80. The van der Waals surface area contributed by atoms with Gasteiger partial charge in [-0.2, -0.15) is 18.3 Å². The van der Waals surface area contributed by atoms with Crippen LogP contribution in [0.4, 0.5) is 13.2 Å². The summed E-state index contributed by atoms with van der Waals surface area (Å²) >= 11 is 0. The number of imidazole rings is 1. The third kappa shape index (κ3) is 4.42. The van der Waals surface area contributed by atoms with Gasteiger partial charge in [-0.25, -0.2) is 15.0 Å². The lowest BCUT2D eigenvalue weighted by Gasteiger charge is -2.38. The van der Waals surface area contributed by atoms with Crippen molar-refractivity contribution in [1.29, 1.82) is 0 Å². The molecule has 0 atom stereocenters. The van der Waals surface area contributed by atoms with Gasteiger partial charge in [0.25, 0.3) is 5.91 Å². The number of nitrogens with one attached hydrogen (secondary N) is 3. The molecule has 30 heavy (non-hydrogen) atoms. The maximum Gasteiger partial charge on any atom is 0.401 e. The summed E-state index contributed by atoms with van der Waals surface area (Å²) in [7, 11) is 0. The molecule has 1 aliphatic rings. The number of carbonyl (C=O) groups excluding carboxylic acids is 1. The largest absolute Gasteiger partial charge is 0.401 e. The molecule has 3 aromatic heterocycles. The zero-order valence-electron chi connectivity index (χ0n) is 16.2. The SMILES string of the molecule is CC1(NCC(F)(F)F)CCC(NC(=O)c2nc(-n3ccnc3)nc3cn[nH]c23)CC1. The molecule has 3 aromatic rings. The van der Waals surface area contributed by atoms with E-state index in [4.69, 9.17) is 0 Å². The molecule has 0 bridgehead atoms. The number of aromatic nitrogens is 6. The summed E-state index contributed by atoms with van der Waals surface area (Å²) in [4.78, 5) is 25.6. The van der Waals surface area contributed by atoms with Crippen LogP contribution < -0.4 is 10.6 Å². The Morgan fingerprint density at radius 3 is 2.77 bits per heavy atom. The third-order valence-electron chi connectivity index (χ3n) is 5.38. The Bertz CT molecular complexity index is 1020. The van der Waals surface area contributed by atoms with Gasteiger partial charge in [-0.3, -0.25) is 14.5 Å². The Labute approximate surface area is 169 Å². The second-order valence-electron chi connectivity index (χ2n) is 7.75. The summed E-state index contributed by atoms with van der Waals surface area (Å²) in [5.41, 5.74) is 0.469. The maximum atomic E-state index is 12.9. The van der Waals surface area contributed by atoms with Gasteiger partial charge in [0.1, 0.15) is 17.4 Å². The van der Waals surface area contributed by atoms with Gasteiger partial charge in [-0.1, -0.05) is 0 Å². The van der Waals surface area contributed by atoms with Crippen LogP contribution in [0.25, 0.3) is 17.0 Å². The molecule has 4 rings (SSSR count). The van der Waals surface area contributed by atoms with E-state index in [-0.39, 0.29) is 17.6 Å². The van der Waals surface area contributed by atoms with E-state index in [1.165, 1.54) is 12.5 Å². The fourth-order valence-corrected chi connectivity index (χ4v) is 3.63. The van der Waals surface area contributed by atoms with E-state index in [1.54, 1.807) is 23.9 Å². The monoisotopic (exact) mass is 422 g/mol. The number of carbonyl (C=O) groups is 1. The minimum Gasteiger partial charge on any atom is -0.348 e. The fraction of sp³-hybridized carbons (Fsp3) is 0.500. The smallest absolute Gasteiger partial charge is 0.348 e. The molecule has 12 heteroatoms. The topological polar surface area (TPSA) is 113 Å². The van der Waals surface area contributed by atoms with Gasteiger partial charge in [0, 0.05) is 24.0 Å². The molecule has 0 unspecified atom stereocenters. The molecule has 3 heterocycles. The van der Waals surface area contributed by atoms with E-state index in [0.29, 0.717) is 42.7 Å². The van der Waals surface area contributed by atoms with Crippen molar-refractivity contribution in [1.82, 2.24) is 40.3 Å². The molecular weight excluding hydrogens is 401 g/mol. The second-order valence-corrected chi connectivity index (χ2v) is 7.75. The van der Waals surface area contributed by atoms with Crippen molar-refractivity contribution >= 4 is 16.9 Å². The predicted molar refractivity (Wildman–Crippen MR) is 101 cm³/mol. The molecule has 160 valence electrons. The van der Waals surface area contributed by atoms with Gasteiger partial charge in [0.2, 0.25) is 5.95 Å². The van der Waals surface area contributed by atoms with Crippen LogP contribution in [0.2, 0.25) is 0 Å². The number of alkyl halides is 3. The summed E-state index contributed by atoms with van der Waals surface area (Å²) in [5.74, 6) is -0.0935. The standard InChI is InChI=1S/C18H21F3N8O/c1-17(23-9-18(19,20)21)4-2-11(3-5-17)25-15(30)14-13-12(8-24-28-13)26-16(27-14)29-7-6-22-10-29/h6-8,10-11,23H,2-5,9H2,1H3,(H,24,28)(H,25,30). The molecule has 3 N–H and O–H groups in total. The Hall–Kier alpha value is -3.02. The first kappa shape index (κ1) is 20.3. The van der Waals surface area contributed by atoms with Crippen LogP contribution in [0.1, 0.15) is 43.1 Å². The molecule has 1 aliphatic carbocycles. The van der Waals surface area contributed by atoms with Crippen LogP contribution in [0.15, 0.2) is 24.9 Å². The number of hydrogen-bond acceptors (Lipinski definition) is 6. The van der Waals surface area contributed by atoms with Crippen molar-refractivity contribution in [3.8, 4) is 5.95 Å². The van der Waals surface area contributed by atoms with Crippen LogP contribution in [-0.4, -0.2) is 59.9 Å². The molecule has 0 aliphatic heterocycles. The molecular formula is C18H21F3N8O. The van der Waals surface area contributed by atoms with Crippen molar-refractivity contribution in [2.45, 2.75) is 50.4 Å². The third-order valence-corrected chi connectivity index (χ3v) is 5.38. The van der Waals surface area contributed by atoms with Crippen molar-refractivity contribution < 1.29 is 18.0 Å². The molecule has 1 amide bonds. The van der Waals surface area contributed by atoms with Crippen molar-refractivity contribution in [3.63, 3.8) is 0 Å². The lowest BCUT2D eigenvalue weighted by molar-refractivity contribution is -0.129. The molecule has 0 aromatic carbocycles. The van der Waals surface area contributed by atoms with Crippen LogP contribution >= 0.6 is 0 Å². The van der Waals surface area contributed by atoms with Crippen LogP contribution in [0, 0.1) is 0 Å². The first-order valence-corrected chi connectivity index (χ1v) is 9.55. The van der Waals surface area contributed by atoms with Crippen LogP contribution in [0.5, 0.6) is 0 Å². The number of halogens is 3. The number of rotatable bonds is 5. The maximum absolute atomic E-state index is 12.9. The van der Waals surface area contributed by atoms with Crippen molar-refractivity contribution in [2.24, 2.45) is 0 Å². The van der Waals surface area contributed by atoms with E-state index in [1.807, 2.05) is 0 Å². The summed E-state index contributed by atoms with van der Waals surface area (Å²) in [5, 5.41) is 12.2. The molecule has 0 radical (unpaired) electrons. The van der Waals surface area contributed by atoms with Crippen molar-refractivity contribution in [3.05, 3.63) is 30.6 Å². The average Bonchev–Trinajstić information content (AvgIpc) is 3.39. The van der Waals surface area contributed by atoms with Crippen LogP contribution in [0.3, 0.4) is 0 Å². The minimum atomic E-state index is -4.25. The zero-order chi connectivity index (χ0) is 21.4. The summed E-state index contributed by atoms with van der Waals surface area (Å²) < 4.78 is 39.1. The van der Waals surface area contributed by atoms with E-state index in [0.717, 1.165) is 0 Å². The van der Waals surface area contributed by atoms with Gasteiger partial charge in [-0.05, 0) is 32.6 Å². The van der Waals surface area contributed by atoms with E-state index in [9.17, 15) is 18.0 Å². The number of H-pyrrole nitrogens is 1. The van der Waals surface area contributed by atoms with Gasteiger partial charge in [0.05, 0.1) is 12.7 Å². The highest BCUT2D eigenvalue weighted by molar-refractivity contribution is 6.02. The van der Waals surface area contributed by atoms with Crippen LogP contribution in [-0.2, 0) is 0 Å². The number of aromatic amines is 1. The minimum absolute atomic E-state index is 0.150. The predicted octanol–water partition coefficient (Wildman–Crippen LogP) is 2.12. The van der Waals surface area contributed by atoms with E-state index in [2.05, 4.69) is 35.8 Å². The van der Waals surface area contributed by atoms with Crippen molar-refractivity contribution in [2.75, 3.05) is 6.54 Å². The van der Waals surface area contributed by atoms with Gasteiger partial charge in [-0.15, -0.1) is 0 Å². The number of hydrogen-bond donors (Lipinski definition) is 3. The first-order valence-electron chi connectivity index (χ1n) is 9.55. The Kier molecular flexibility index (Phi) is 5.18. The Morgan fingerprint density at radius 2 is 2.10 bits per heavy atom. The second kappa shape index (κ2) is 7.67.